The van der Waals surface area contributed by atoms with E-state index in [1.54, 1.807) is 4.90 Å². The SMILES string of the molecule is CC1Cc2ccccc2N1C(=O)c1ccc(SC(F)(F)F)cc1. The molecule has 1 heterocycles. The van der Waals surface area contributed by atoms with Gasteiger partial charge in [-0.3, -0.25) is 4.79 Å². The number of amides is 1. The molecule has 0 N–H and O–H groups in total. The number of rotatable bonds is 2. The Morgan fingerprint density at radius 1 is 1.13 bits per heavy atom. The predicted molar refractivity (Wildman–Crippen MR) is 84.8 cm³/mol. The quantitative estimate of drug-likeness (QED) is 0.727. The fourth-order valence-corrected chi connectivity index (χ4v) is 3.35. The second-order valence-corrected chi connectivity index (χ2v) is 6.57. The van der Waals surface area contributed by atoms with Gasteiger partial charge in [0.15, 0.2) is 0 Å². The number of halogens is 3. The molecule has 0 radical (unpaired) electrons. The van der Waals surface area contributed by atoms with Crippen LogP contribution in [0.1, 0.15) is 22.8 Å². The Morgan fingerprint density at radius 3 is 2.43 bits per heavy atom. The van der Waals surface area contributed by atoms with Gasteiger partial charge >= 0.3 is 5.51 Å². The summed E-state index contributed by atoms with van der Waals surface area (Å²) in [6.07, 6.45) is 0.782. The van der Waals surface area contributed by atoms with Crippen molar-refractivity contribution in [3.63, 3.8) is 0 Å². The second-order valence-electron chi connectivity index (χ2n) is 5.43. The van der Waals surface area contributed by atoms with Crippen molar-refractivity contribution in [3.8, 4) is 0 Å². The largest absolute Gasteiger partial charge is 0.446 e. The lowest BCUT2D eigenvalue weighted by molar-refractivity contribution is -0.0328. The van der Waals surface area contributed by atoms with Crippen LogP contribution in [0.25, 0.3) is 0 Å². The van der Waals surface area contributed by atoms with Crippen molar-refractivity contribution >= 4 is 23.4 Å². The number of thioether (sulfide) groups is 1. The van der Waals surface area contributed by atoms with E-state index in [2.05, 4.69) is 0 Å². The zero-order chi connectivity index (χ0) is 16.6. The van der Waals surface area contributed by atoms with Gasteiger partial charge in [0.1, 0.15) is 0 Å². The lowest BCUT2D eigenvalue weighted by Gasteiger charge is -2.23. The third-order valence-corrected chi connectivity index (χ3v) is 4.50. The molecule has 2 nitrogen and oxygen atoms in total. The van der Waals surface area contributed by atoms with Crippen molar-refractivity contribution in [2.45, 2.75) is 29.8 Å². The van der Waals surface area contributed by atoms with Crippen molar-refractivity contribution in [2.24, 2.45) is 0 Å². The Labute approximate surface area is 136 Å². The number of hydrogen-bond donors (Lipinski definition) is 0. The van der Waals surface area contributed by atoms with Crippen LogP contribution in [0.4, 0.5) is 18.9 Å². The molecule has 1 atom stereocenters. The van der Waals surface area contributed by atoms with Crippen LogP contribution in [0.5, 0.6) is 0 Å². The number of carbonyl (C=O) groups excluding carboxylic acids is 1. The molecule has 1 aliphatic rings. The van der Waals surface area contributed by atoms with Crippen molar-refractivity contribution in [1.29, 1.82) is 0 Å². The van der Waals surface area contributed by atoms with Crippen LogP contribution in [0.15, 0.2) is 53.4 Å². The van der Waals surface area contributed by atoms with Gasteiger partial charge in [0.2, 0.25) is 0 Å². The molecule has 1 unspecified atom stereocenters. The highest BCUT2D eigenvalue weighted by atomic mass is 32.2. The van der Waals surface area contributed by atoms with E-state index in [9.17, 15) is 18.0 Å². The monoisotopic (exact) mass is 337 g/mol. The highest BCUT2D eigenvalue weighted by Crippen LogP contribution is 2.37. The minimum absolute atomic E-state index is 0.0316. The smallest absolute Gasteiger partial charge is 0.305 e. The highest BCUT2D eigenvalue weighted by Gasteiger charge is 2.32. The number of nitrogens with zero attached hydrogens (tertiary/aromatic N) is 1. The van der Waals surface area contributed by atoms with E-state index in [-0.39, 0.29) is 28.6 Å². The molecule has 0 saturated carbocycles. The molecule has 0 spiro atoms. The Kier molecular flexibility index (Phi) is 4.10. The van der Waals surface area contributed by atoms with Gasteiger partial charge < -0.3 is 4.90 Å². The standard InChI is InChI=1S/C17H14F3NOS/c1-11-10-13-4-2-3-5-15(13)21(11)16(22)12-6-8-14(9-7-12)23-17(18,19)20/h2-9,11H,10H2,1H3. The summed E-state index contributed by atoms with van der Waals surface area (Å²) in [4.78, 5) is 14.5. The van der Waals surface area contributed by atoms with E-state index in [4.69, 9.17) is 0 Å². The number of benzene rings is 2. The number of fused-ring (bicyclic) bond motifs is 1. The molecule has 120 valence electrons. The van der Waals surface area contributed by atoms with Crippen LogP contribution in [0.2, 0.25) is 0 Å². The Hall–Kier alpha value is -1.95. The number of carbonyl (C=O) groups is 1. The van der Waals surface area contributed by atoms with Gasteiger partial charge in [-0.15, -0.1) is 0 Å². The summed E-state index contributed by atoms with van der Waals surface area (Å²) < 4.78 is 37.1. The molecule has 0 bridgehead atoms. The van der Waals surface area contributed by atoms with Crippen LogP contribution in [0, 0.1) is 0 Å². The van der Waals surface area contributed by atoms with Gasteiger partial charge in [-0.25, -0.2) is 0 Å². The second kappa shape index (κ2) is 5.92. The molecule has 6 heteroatoms. The number of para-hydroxylation sites is 1. The van der Waals surface area contributed by atoms with Gasteiger partial charge in [-0.05, 0) is 61.0 Å². The molecule has 2 aromatic carbocycles. The third-order valence-electron chi connectivity index (χ3n) is 3.76. The minimum atomic E-state index is -4.33. The van der Waals surface area contributed by atoms with Crippen LogP contribution in [0.3, 0.4) is 0 Å². The maximum atomic E-state index is 12.7. The molecular formula is C17H14F3NOS. The molecular weight excluding hydrogens is 323 g/mol. The van der Waals surface area contributed by atoms with Gasteiger partial charge in [0, 0.05) is 22.2 Å². The van der Waals surface area contributed by atoms with Crippen LogP contribution in [-0.4, -0.2) is 17.5 Å². The number of anilines is 1. The molecule has 3 rings (SSSR count). The summed E-state index contributed by atoms with van der Waals surface area (Å²) in [6.45, 7) is 1.96. The summed E-state index contributed by atoms with van der Waals surface area (Å²) >= 11 is -0.182. The highest BCUT2D eigenvalue weighted by molar-refractivity contribution is 8.00. The summed E-state index contributed by atoms with van der Waals surface area (Å²) in [5, 5.41) is 0. The molecule has 1 aliphatic heterocycles. The van der Waals surface area contributed by atoms with Crippen molar-refractivity contribution in [3.05, 3.63) is 59.7 Å². The van der Waals surface area contributed by atoms with Crippen molar-refractivity contribution in [1.82, 2.24) is 0 Å². The molecule has 1 amide bonds. The Bertz CT molecular complexity index is 727. The first-order chi connectivity index (χ1) is 10.8. The predicted octanol–water partition coefficient (Wildman–Crippen LogP) is 4.89. The van der Waals surface area contributed by atoms with Crippen LogP contribution in [-0.2, 0) is 6.42 Å². The molecule has 0 aliphatic carbocycles. The lowest BCUT2D eigenvalue weighted by atomic mass is 10.1. The van der Waals surface area contributed by atoms with Gasteiger partial charge in [-0.1, -0.05) is 18.2 Å². The normalized spacial score (nSPS) is 17.2. The Balaban J connectivity index is 1.84. The zero-order valence-electron chi connectivity index (χ0n) is 12.3. The summed E-state index contributed by atoms with van der Waals surface area (Å²) in [5.74, 6) is -0.189. The Morgan fingerprint density at radius 2 is 1.78 bits per heavy atom. The number of hydrogen-bond acceptors (Lipinski definition) is 2. The van der Waals surface area contributed by atoms with E-state index < -0.39 is 5.51 Å². The first-order valence-electron chi connectivity index (χ1n) is 7.12. The summed E-state index contributed by atoms with van der Waals surface area (Å²) in [5.41, 5.74) is -1.95. The average molecular weight is 337 g/mol. The summed E-state index contributed by atoms with van der Waals surface area (Å²) in [7, 11) is 0. The minimum Gasteiger partial charge on any atom is -0.305 e. The zero-order valence-corrected chi connectivity index (χ0v) is 13.1. The molecule has 23 heavy (non-hydrogen) atoms. The first kappa shape index (κ1) is 15.9. The maximum absolute atomic E-state index is 12.7. The van der Waals surface area contributed by atoms with Crippen LogP contribution >= 0.6 is 11.8 Å². The van der Waals surface area contributed by atoms with E-state index in [0.29, 0.717) is 5.56 Å². The molecule has 0 fully saturated rings. The van der Waals surface area contributed by atoms with Gasteiger partial charge in [0.25, 0.3) is 5.91 Å². The third kappa shape index (κ3) is 3.37. The molecule has 0 aromatic heterocycles. The van der Waals surface area contributed by atoms with Crippen LogP contribution < -0.4 is 4.90 Å². The van der Waals surface area contributed by atoms with E-state index >= 15 is 0 Å². The van der Waals surface area contributed by atoms with E-state index in [1.807, 2.05) is 31.2 Å². The molecule has 0 saturated heterocycles. The summed E-state index contributed by atoms with van der Waals surface area (Å²) in [6, 6.07) is 13.3. The van der Waals surface area contributed by atoms with Crippen molar-refractivity contribution < 1.29 is 18.0 Å². The molecule has 2 aromatic rings. The lowest BCUT2D eigenvalue weighted by Crippen LogP contribution is -2.35. The van der Waals surface area contributed by atoms with Gasteiger partial charge in [-0.2, -0.15) is 13.2 Å². The topological polar surface area (TPSA) is 20.3 Å². The van der Waals surface area contributed by atoms with E-state index in [1.165, 1.54) is 24.3 Å². The maximum Gasteiger partial charge on any atom is 0.446 e. The fraction of sp³-hybridized carbons (Fsp3) is 0.235. The van der Waals surface area contributed by atoms with Crippen molar-refractivity contribution in [2.75, 3.05) is 4.90 Å². The van der Waals surface area contributed by atoms with E-state index in [0.717, 1.165) is 17.7 Å². The first-order valence-corrected chi connectivity index (χ1v) is 7.94. The fourth-order valence-electron chi connectivity index (χ4n) is 2.81. The van der Waals surface area contributed by atoms with Gasteiger partial charge in [0.05, 0.1) is 0 Å². The average Bonchev–Trinajstić information content (AvgIpc) is 2.81. The number of alkyl halides is 3.